The van der Waals surface area contributed by atoms with Gasteiger partial charge in [0.15, 0.2) is 0 Å². The molecule has 0 amide bonds. The Labute approximate surface area is 121 Å². The fourth-order valence-corrected chi connectivity index (χ4v) is 3.46. The number of hydrogen-bond acceptors (Lipinski definition) is 4. The fraction of sp³-hybridized carbons (Fsp3) is 0.600. The molecule has 0 aromatic heterocycles. The van der Waals surface area contributed by atoms with Crippen LogP contribution < -0.4 is 0 Å². The molecule has 20 heavy (non-hydrogen) atoms. The van der Waals surface area contributed by atoms with E-state index in [4.69, 9.17) is 5.11 Å². The van der Waals surface area contributed by atoms with E-state index in [0.29, 0.717) is 19.0 Å². The summed E-state index contributed by atoms with van der Waals surface area (Å²) >= 11 is 0. The van der Waals surface area contributed by atoms with Crippen LogP contribution in [0.15, 0.2) is 24.3 Å². The van der Waals surface area contributed by atoms with E-state index in [1.54, 1.807) is 0 Å². The minimum atomic E-state index is -2.96. The lowest BCUT2D eigenvalue weighted by atomic mass is 10.1. The van der Waals surface area contributed by atoms with Crippen LogP contribution in [-0.4, -0.2) is 50.1 Å². The highest BCUT2D eigenvalue weighted by molar-refractivity contribution is 7.90. The van der Waals surface area contributed by atoms with E-state index in [2.05, 4.69) is 23.1 Å². The highest BCUT2D eigenvalue weighted by atomic mass is 32.2. The van der Waals surface area contributed by atoms with E-state index in [1.807, 2.05) is 6.07 Å². The smallest absolute Gasteiger partial charge is 0.148 e. The number of fused-ring (bicyclic) bond motifs is 1. The molecule has 1 aromatic carbocycles. The van der Waals surface area contributed by atoms with Gasteiger partial charge in [0.25, 0.3) is 0 Å². The van der Waals surface area contributed by atoms with Crippen LogP contribution >= 0.6 is 0 Å². The standard InChI is InChI=1S/C15H23NO3S/c1-20(18,19)12-10-16(9-4-11-17)15-8-7-13-5-2-3-6-14(13)15/h2-3,5-6,15,17H,4,7-12H2,1H3/t15-/m1/s1. The van der Waals surface area contributed by atoms with Crippen molar-refractivity contribution in [3.8, 4) is 0 Å². The van der Waals surface area contributed by atoms with E-state index in [1.165, 1.54) is 17.4 Å². The number of aryl methyl sites for hydroxylation is 1. The molecule has 0 unspecified atom stereocenters. The highest BCUT2D eigenvalue weighted by Crippen LogP contribution is 2.35. The van der Waals surface area contributed by atoms with Crippen molar-refractivity contribution in [2.45, 2.75) is 25.3 Å². The van der Waals surface area contributed by atoms with Crippen molar-refractivity contribution in [3.63, 3.8) is 0 Å². The number of aliphatic hydroxyl groups is 1. The minimum Gasteiger partial charge on any atom is -0.396 e. The summed E-state index contributed by atoms with van der Waals surface area (Å²) < 4.78 is 22.8. The molecule has 1 N–H and O–H groups in total. The van der Waals surface area contributed by atoms with Gasteiger partial charge in [0.1, 0.15) is 9.84 Å². The van der Waals surface area contributed by atoms with Crippen LogP contribution in [0.2, 0.25) is 0 Å². The monoisotopic (exact) mass is 297 g/mol. The zero-order valence-electron chi connectivity index (χ0n) is 12.0. The maximum absolute atomic E-state index is 11.4. The molecule has 1 aromatic rings. The average molecular weight is 297 g/mol. The van der Waals surface area contributed by atoms with Crippen LogP contribution in [0.4, 0.5) is 0 Å². The number of hydrogen-bond donors (Lipinski definition) is 1. The molecule has 0 spiro atoms. The van der Waals surface area contributed by atoms with Crippen molar-refractivity contribution in [1.29, 1.82) is 0 Å². The van der Waals surface area contributed by atoms with Gasteiger partial charge in [-0.25, -0.2) is 8.42 Å². The SMILES string of the molecule is CS(=O)(=O)CCN(CCCO)[C@@H]1CCc2ccccc21. The minimum absolute atomic E-state index is 0.143. The van der Waals surface area contributed by atoms with Gasteiger partial charge >= 0.3 is 0 Å². The van der Waals surface area contributed by atoms with Gasteiger partial charge in [-0.15, -0.1) is 0 Å². The number of aliphatic hydroxyl groups excluding tert-OH is 1. The fourth-order valence-electron chi connectivity index (χ4n) is 2.89. The molecule has 0 radical (unpaired) electrons. The lowest BCUT2D eigenvalue weighted by Gasteiger charge is -2.29. The first kappa shape index (κ1) is 15.5. The maximum atomic E-state index is 11.4. The lowest BCUT2D eigenvalue weighted by molar-refractivity contribution is 0.182. The predicted molar refractivity (Wildman–Crippen MR) is 80.5 cm³/mol. The summed E-state index contributed by atoms with van der Waals surface area (Å²) in [5, 5.41) is 9.04. The number of nitrogens with zero attached hydrogens (tertiary/aromatic N) is 1. The Morgan fingerprint density at radius 3 is 2.75 bits per heavy atom. The largest absolute Gasteiger partial charge is 0.396 e. The summed E-state index contributed by atoms with van der Waals surface area (Å²) in [6.07, 6.45) is 4.05. The molecule has 0 fully saturated rings. The average Bonchev–Trinajstić information content (AvgIpc) is 2.82. The van der Waals surface area contributed by atoms with E-state index >= 15 is 0 Å². The maximum Gasteiger partial charge on any atom is 0.148 e. The van der Waals surface area contributed by atoms with Crippen LogP contribution in [0.25, 0.3) is 0 Å². The van der Waals surface area contributed by atoms with Gasteiger partial charge in [0.2, 0.25) is 0 Å². The molecule has 0 heterocycles. The van der Waals surface area contributed by atoms with Crippen molar-refractivity contribution in [1.82, 2.24) is 4.90 Å². The molecule has 1 atom stereocenters. The van der Waals surface area contributed by atoms with Crippen LogP contribution in [0.5, 0.6) is 0 Å². The second kappa shape index (κ2) is 6.70. The topological polar surface area (TPSA) is 57.6 Å². The van der Waals surface area contributed by atoms with Gasteiger partial charge in [-0.1, -0.05) is 24.3 Å². The van der Waals surface area contributed by atoms with Gasteiger partial charge in [0.05, 0.1) is 5.75 Å². The third kappa shape index (κ3) is 4.04. The normalized spacial score (nSPS) is 18.4. The Kier molecular flexibility index (Phi) is 5.18. The van der Waals surface area contributed by atoms with Gasteiger partial charge in [-0.05, 0) is 30.4 Å². The number of rotatable bonds is 7. The Morgan fingerprint density at radius 2 is 2.05 bits per heavy atom. The summed E-state index contributed by atoms with van der Waals surface area (Å²) in [4.78, 5) is 2.21. The predicted octanol–water partition coefficient (Wildman–Crippen LogP) is 1.40. The summed E-state index contributed by atoms with van der Waals surface area (Å²) in [6.45, 7) is 1.42. The Bertz CT molecular complexity index is 542. The molecule has 0 bridgehead atoms. The van der Waals surface area contributed by atoms with E-state index in [-0.39, 0.29) is 12.4 Å². The highest BCUT2D eigenvalue weighted by Gasteiger charge is 2.27. The van der Waals surface area contributed by atoms with Crippen LogP contribution in [0, 0.1) is 0 Å². The zero-order valence-corrected chi connectivity index (χ0v) is 12.8. The van der Waals surface area contributed by atoms with Crippen molar-refractivity contribution >= 4 is 9.84 Å². The van der Waals surface area contributed by atoms with E-state index in [0.717, 1.165) is 19.4 Å². The van der Waals surface area contributed by atoms with Crippen LogP contribution in [0.3, 0.4) is 0 Å². The summed E-state index contributed by atoms with van der Waals surface area (Å²) in [5.74, 6) is 0.178. The molecule has 5 heteroatoms. The van der Waals surface area contributed by atoms with Crippen LogP contribution in [0.1, 0.15) is 30.0 Å². The van der Waals surface area contributed by atoms with Crippen molar-refractivity contribution in [3.05, 3.63) is 35.4 Å². The van der Waals surface area contributed by atoms with Crippen molar-refractivity contribution < 1.29 is 13.5 Å². The molecule has 0 aliphatic heterocycles. The van der Waals surface area contributed by atoms with Crippen molar-refractivity contribution in [2.75, 3.05) is 31.7 Å². The molecule has 1 aliphatic rings. The van der Waals surface area contributed by atoms with Gasteiger partial charge in [-0.2, -0.15) is 0 Å². The molecule has 0 saturated carbocycles. The first-order valence-corrected chi connectivity index (χ1v) is 9.18. The second-order valence-electron chi connectivity index (χ2n) is 5.50. The van der Waals surface area contributed by atoms with E-state index < -0.39 is 9.84 Å². The Hall–Kier alpha value is -0.910. The summed E-state index contributed by atoms with van der Waals surface area (Å²) in [6, 6.07) is 8.67. The second-order valence-corrected chi connectivity index (χ2v) is 7.76. The van der Waals surface area contributed by atoms with Crippen LogP contribution in [-0.2, 0) is 16.3 Å². The quantitative estimate of drug-likeness (QED) is 0.826. The van der Waals surface area contributed by atoms with Gasteiger partial charge < -0.3 is 5.11 Å². The summed E-state index contributed by atoms with van der Waals surface area (Å²) in [5.41, 5.74) is 2.68. The zero-order chi connectivity index (χ0) is 14.6. The van der Waals surface area contributed by atoms with Gasteiger partial charge in [-0.3, -0.25) is 4.90 Å². The van der Waals surface area contributed by atoms with Crippen molar-refractivity contribution in [2.24, 2.45) is 0 Å². The first-order valence-electron chi connectivity index (χ1n) is 7.11. The molecule has 1 aliphatic carbocycles. The third-order valence-electron chi connectivity index (χ3n) is 3.89. The van der Waals surface area contributed by atoms with E-state index in [9.17, 15) is 8.42 Å². The number of sulfone groups is 1. The molecule has 2 rings (SSSR count). The lowest BCUT2D eigenvalue weighted by Crippen LogP contribution is -2.33. The van der Waals surface area contributed by atoms with Gasteiger partial charge in [0, 0.05) is 32.0 Å². The number of benzene rings is 1. The third-order valence-corrected chi connectivity index (χ3v) is 4.82. The molecule has 0 saturated heterocycles. The Morgan fingerprint density at radius 1 is 1.30 bits per heavy atom. The summed E-state index contributed by atoms with van der Waals surface area (Å²) in [7, 11) is -2.96. The Balaban J connectivity index is 2.11. The molecule has 4 nitrogen and oxygen atoms in total. The first-order chi connectivity index (χ1) is 9.51. The molecular weight excluding hydrogens is 274 g/mol. The molecule has 112 valence electrons. The molecular formula is C15H23NO3S.